The van der Waals surface area contributed by atoms with Gasteiger partial charge in [0, 0.05) is 37.0 Å². The highest BCUT2D eigenvalue weighted by Crippen LogP contribution is 2.33. The standard InChI is InChI=1S/C28H36N6O2/c1-2-29-28-32-25(19-26(33-28)34-15-8-9-16-34)30-23(18-20-10-4-3-5-11-20)27(35)31-22-14-17-36-24-13-7-6-12-21(22)24/h6-9,12-13,15-16,19-20,22-23H,2-5,10-11,14,17-18H2,1H3,(H,31,35)(H2,29,30,32,33). The Morgan fingerprint density at radius 2 is 1.89 bits per heavy atom. The normalized spacial score (nSPS) is 18.5. The first-order valence-corrected chi connectivity index (χ1v) is 13.2. The van der Waals surface area contributed by atoms with Crippen molar-refractivity contribution in [1.82, 2.24) is 19.9 Å². The fourth-order valence-corrected chi connectivity index (χ4v) is 5.30. The number of benzene rings is 1. The molecule has 2 unspecified atom stereocenters. The van der Waals surface area contributed by atoms with E-state index in [2.05, 4.69) is 25.9 Å². The maximum atomic E-state index is 13.7. The first-order chi connectivity index (χ1) is 17.7. The third kappa shape index (κ3) is 5.80. The molecule has 190 valence electrons. The zero-order chi connectivity index (χ0) is 24.7. The highest BCUT2D eigenvalue weighted by molar-refractivity contribution is 5.85. The summed E-state index contributed by atoms with van der Waals surface area (Å²) in [7, 11) is 0. The molecule has 3 N–H and O–H groups in total. The number of para-hydroxylation sites is 1. The van der Waals surface area contributed by atoms with Crippen molar-refractivity contribution in [2.24, 2.45) is 5.92 Å². The lowest BCUT2D eigenvalue weighted by Crippen LogP contribution is -2.43. The Bertz CT molecular complexity index is 1140. The summed E-state index contributed by atoms with van der Waals surface area (Å²) in [6.07, 6.45) is 11.6. The van der Waals surface area contributed by atoms with Crippen LogP contribution in [0.15, 0.2) is 54.9 Å². The smallest absolute Gasteiger partial charge is 0.243 e. The average molecular weight is 489 g/mol. The summed E-state index contributed by atoms with van der Waals surface area (Å²) >= 11 is 0. The number of hydrogen-bond donors (Lipinski definition) is 3. The molecule has 0 radical (unpaired) electrons. The van der Waals surface area contributed by atoms with Gasteiger partial charge in [0.2, 0.25) is 11.9 Å². The maximum absolute atomic E-state index is 13.7. The first kappa shape index (κ1) is 24.2. The van der Waals surface area contributed by atoms with Crippen molar-refractivity contribution in [3.8, 4) is 11.6 Å². The second-order valence-corrected chi connectivity index (χ2v) is 9.73. The highest BCUT2D eigenvalue weighted by Gasteiger charge is 2.29. The van der Waals surface area contributed by atoms with Gasteiger partial charge in [0.15, 0.2) is 0 Å². The fraction of sp³-hybridized carbons (Fsp3) is 0.464. The van der Waals surface area contributed by atoms with Gasteiger partial charge in [0.05, 0.1) is 12.6 Å². The Balaban J connectivity index is 1.39. The molecule has 1 saturated carbocycles. The number of nitrogens with one attached hydrogen (secondary N) is 3. The summed E-state index contributed by atoms with van der Waals surface area (Å²) in [6.45, 7) is 3.33. The number of anilines is 2. The molecule has 1 aliphatic carbocycles. The number of fused-ring (bicyclic) bond motifs is 1. The predicted octanol–water partition coefficient (Wildman–Crippen LogP) is 5.09. The Morgan fingerprint density at radius 1 is 1.08 bits per heavy atom. The van der Waals surface area contributed by atoms with Crippen LogP contribution in [-0.4, -0.2) is 39.6 Å². The maximum Gasteiger partial charge on any atom is 0.243 e. The number of nitrogens with zero attached hydrogens (tertiary/aromatic N) is 3. The lowest BCUT2D eigenvalue weighted by Gasteiger charge is -2.31. The van der Waals surface area contributed by atoms with E-state index in [9.17, 15) is 4.79 Å². The topological polar surface area (TPSA) is 93.1 Å². The summed E-state index contributed by atoms with van der Waals surface area (Å²) in [6, 6.07) is 13.4. The molecule has 36 heavy (non-hydrogen) atoms. The van der Waals surface area contributed by atoms with Gasteiger partial charge in [0.25, 0.3) is 0 Å². The van der Waals surface area contributed by atoms with Crippen LogP contribution in [0.4, 0.5) is 11.8 Å². The summed E-state index contributed by atoms with van der Waals surface area (Å²) in [4.78, 5) is 23.1. The zero-order valence-electron chi connectivity index (χ0n) is 21.0. The van der Waals surface area contributed by atoms with Gasteiger partial charge in [-0.2, -0.15) is 9.97 Å². The molecule has 3 heterocycles. The van der Waals surface area contributed by atoms with Gasteiger partial charge in [-0.05, 0) is 37.5 Å². The van der Waals surface area contributed by atoms with E-state index in [0.717, 1.165) is 30.0 Å². The number of ether oxygens (including phenoxy) is 1. The Labute approximate surface area is 212 Å². The van der Waals surface area contributed by atoms with Crippen LogP contribution in [0.5, 0.6) is 5.75 Å². The average Bonchev–Trinajstić information content (AvgIpc) is 3.45. The van der Waals surface area contributed by atoms with E-state index in [0.29, 0.717) is 30.8 Å². The van der Waals surface area contributed by atoms with Crippen molar-refractivity contribution in [1.29, 1.82) is 0 Å². The number of carbonyl (C=O) groups is 1. The van der Waals surface area contributed by atoms with Crippen LogP contribution in [0.3, 0.4) is 0 Å². The molecule has 0 spiro atoms. The Kier molecular flexibility index (Phi) is 7.69. The van der Waals surface area contributed by atoms with Crippen LogP contribution < -0.4 is 20.7 Å². The molecular weight excluding hydrogens is 452 g/mol. The van der Waals surface area contributed by atoms with Gasteiger partial charge >= 0.3 is 0 Å². The van der Waals surface area contributed by atoms with Crippen molar-refractivity contribution in [3.05, 3.63) is 60.4 Å². The third-order valence-corrected chi connectivity index (χ3v) is 7.12. The molecule has 1 amide bonds. The van der Waals surface area contributed by atoms with Gasteiger partial charge in [-0.25, -0.2) is 0 Å². The molecule has 2 aliphatic rings. The molecular formula is C28H36N6O2. The molecule has 2 atom stereocenters. The van der Waals surface area contributed by atoms with E-state index >= 15 is 0 Å². The van der Waals surface area contributed by atoms with Gasteiger partial charge in [-0.1, -0.05) is 50.3 Å². The molecule has 8 nitrogen and oxygen atoms in total. The second-order valence-electron chi connectivity index (χ2n) is 9.73. The minimum Gasteiger partial charge on any atom is -0.493 e. The van der Waals surface area contributed by atoms with E-state index in [4.69, 9.17) is 4.74 Å². The molecule has 1 fully saturated rings. The second kappa shape index (κ2) is 11.5. The monoisotopic (exact) mass is 488 g/mol. The van der Waals surface area contributed by atoms with Gasteiger partial charge in [-0.3, -0.25) is 4.79 Å². The Hall–Kier alpha value is -3.55. The molecule has 1 aliphatic heterocycles. The number of carbonyl (C=O) groups excluding carboxylic acids is 1. The van der Waals surface area contributed by atoms with Crippen LogP contribution in [0, 0.1) is 5.92 Å². The molecule has 3 aromatic rings. The first-order valence-electron chi connectivity index (χ1n) is 13.2. The molecule has 2 aromatic heterocycles. The van der Waals surface area contributed by atoms with E-state index in [1.807, 2.05) is 66.3 Å². The summed E-state index contributed by atoms with van der Waals surface area (Å²) in [5, 5.41) is 10.0. The van der Waals surface area contributed by atoms with Crippen molar-refractivity contribution >= 4 is 17.7 Å². The van der Waals surface area contributed by atoms with Gasteiger partial charge in [-0.15, -0.1) is 0 Å². The van der Waals surface area contributed by atoms with Crippen molar-refractivity contribution in [2.45, 2.75) is 64.0 Å². The van der Waals surface area contributed by atoms with Crippen molar-refractivity contribution < 1.29 is 9.53 Å². The highest BCUT2D eigenvalue weighted by atomic mass is 16.5. The quantitative estimate of drug-likeness (QED) is 0.389. The number of amides is 1. The van der Waals surface area contributed by atoms with Crippen LogP contribution >= 0.6 is 0 Å². The lowest BCUT2D eigenvalue weighted by molar-refractivity contribution is -0.123. The molecule has 5 rings (SSSR count). The molecule has 0 bridgehead atoms. The number of rotatable bonds is 9. The molecule has 0 saturated heterocycles. The molecule has 8 heteroatoms. The minimum atomic E-state index is -0.384. The van der Waals surface area contributed by atoms with Crippen molar-refractivity contribution in [3.63, 3.8) is 0 Å². The van der Waals surface area contributed by atoms with E-state index in [1.54, 1.807) is 0 Å². The van der Waals surface area contributed by atoms with Crippen LogP contribution in [0.25, 0.3) is 5.82 Å². The van der Waals surface area contributed by atoms with Crippen LogP contribution in [-0.2, 0) is 4.79 Å². The minimum absolute atomic E-state index is 0.00778. The SMILES string of the molecule is CCNc1nc(NC(CC2CCCCC2)C(=O)NC2CCOc3ccccc32)cc(-n2cccc2)n1. The third-order valence-electron chi connectivity index (χ3n) is 7.12. The number of aromatic nitrogens is 3. The summed E-state index contributed by atoms with van der Waals surface area (Å²) in [5.74, 6) is 3.34. The summed E-state index contributed by atoms with van der Waals surface area (Å²) in [5.41, 5.74) is 1.04. The zero-order valence-corrected chi connectivity index (χ0v) is 21.0. The lowest BCUT2D eigenvalue weighted by atomic mass is 9.84. The van der Waals surface area contributed by atoms with E-state index < -0.39 is 0 Å². The van der Waals surface area contributed by atoms with Crippen LogP contribution in [0.2, 0.25) is 0 Å². The van der Waals surface area contributed by atoms with E-state index in [1.165, 1.54) is 32.1 Å². The number of hydrogen-bond acceptors (Lipinski definition) is 6. The Morgan fingerprint density at radius 3 is 2.69 bits per heavy atom. The van der Waals surface area contributed by atoms with Crippen LogP contribution in [0.1, 0.15) is 63.5 Å². The fourth-order valence-electron chi connectivity index (χ4n) is 5.30. The van der Waals surface area contributed by atoms with E-state index in [-0.39, 0.29) is 18.0 Å². The molecule has 1 aromatic carbocycles. The predicted molar refractivity (Wildman–Crippen MR) is 142 cm³/mol. The van der Waals surface area contributed by atoms with Gasteiger partial charge in [0.1, 0.15) is 23.4 Å². The van der Waals surface area contributed by atoms with Gasteiger partial charge < -0.3 is 25.3 Å². The largest absolute Gasteiger partial charge is 0.493 e. The summed E-state index contributed by atoms with van der Waals surface area (Å²) < 4.78 is 7.75. The van der Waals surface area contributed by atoms with Crippen molar-refractivity contribution in [2.75, 3.05) is 23.8 Å².